The Bertz CT molecular complexity index is 607. The number of aliphatic imine (C=N–C) groups is 2. The Morgan fingerprint density at radius 3 is 1.73 bits per heavy atom. The van der Waals surface area contributed by atoms with E-state index in [2.05, 4.69) is 9.97 Å². The topological polar surface area (TPSA) is 60.4 Å². The summed E-state index contributed by atoms with van der Waals surface area (Å²) in [6.45, 7) is 0. The average Bonchev–Trinajstić information content (AvgIpc) is 3.12. The van der Waals surface area contributed by atoms with Gasteiger partial charge in [0, 0.05) is 38.9 Å². The first-order valence-electron chi connectivity index (χ1n) is 7.75. The summed E-state index contributed by atoms with van der Waals surface area (Å²) >= 11 is 0. The molecule has 22 heavy (non-hydrogen) atoms. The van der Waals surface area contributed by atoms with Crippen LogP contribution < -0.4 is 0 Å². The van der Waals surface area contributed by atoms with E-state index in [0.29, 0.717) is 0 Å². The molecule has 1 aliphatic carbocycles. The van der Waals surface area contributed by atoms with Gasteiger partial charge in [-0.3, -0.25) is 9.98 Å². The summed E-state index contributed by atoms with van der Waals surface area (Å²) in [5.74, 6) is 1.77. The lowest BCUT2D eigenvalue weighted by atomic mass is 9.91. The van der Waals surface area contributed by atoms with Gasteiger partial charge in [0.15, 0.2) is 0 Å². The van der Waals surface area contributed by atoms with Crippen LogP contribution in [0.25, 0.3) is 0 Å². The van der Waals surface area contributed by atoms with E-state index in [9.17, 15) is 0 Å². The van der Waals surface area contributed by atoms with Crippen LogP contribution in [-0.4, -0.2) is 43.6 Å². The fourth-order valence-electron chi connectivity index (χ4n) is 2.77. The highest BCUT2D eigenvalue weighted by Gasteiger charge is 2.23. The predicted molar refractivity (Wildman–Crippen MR) is 87.6 cm³/mol. The molecular formula is C16H22N6. The first-order valence-corrected chi connectivity index (χ1v) is 7.75. The number of hydrogen-bond acceptors (Lipinski definition) is 4. The van der Waals surface area contributed by atoms with Gasteiger partial charge in [-0.15, -0.1) is 0 Å². The molecule has 2 heterocycles. The van der Waals surface area contributed by atoms with Crippen LogP contribution in [0.2, 0.25) is 0 Å². The maximum Gasteiger partial charge on any atom is 0.150 e. The van der Waals surface area contributed by atoms with E-state index in [4.69, 9.17) is 9.98 Å². The first kappa shape index (κ1) is 14.7. The van der Waals surface area contributed by atoms with Gasteiger partial charge in [0.05, 0.1) is 24.5 Å². The van der Waals surface area contributed by atoms with E-state index in [1.807, 2.05) is 48.1 Å². The molecule has 2 unspecified atom stereocenters. The molecule has 2 aromatic rings. The second kappa shape index (κ2) is 6.68. The van der Waals surface area contributed by atoms with Crippen molar-refractivity contribution in [3.05, 3.63) is 36.4 Å². The van der Waals surface area contributed by atoms with Gasteiger partial charge in [0.25, 0.3) is 0 Å². The van der Waals surface area contributed by atoms with Crippen molar-refractivity contribution in [2.75, 3.05) is 0 Å². The number of rotatable bonds is 4. The van der Waals surface area contributed by atoms with Crippen LogP contribution in [-0.2, 0) is 14.1 Å². The highest BCUT2D eigenvalue weighted by Crippen LogP contribution is 2.23. The van der Waals surface area contributed by atoms with Gasteiger partial charge in [0.2, 0.25) is 0 Å². The van der Waals surface area contributed by atoms with Crippen LogP contribution in [0.15, 0.2) is 34.8 Å². The number of aryl methyl sites for hydroxylation is 2. The van der Waals surface area contributed by atoms with Crippen molar-refractivity contribution in [3.8, 4) is 0 Å². The van der Waals surface area contributed by atoms with Crippen LogP contribution in [0, 0.1) is 0 Å². The standard InChI is InChI=1S/C16H22N6/c1-21-9-7-17-15(21)11-19-13-5-3-4-6-14(13)20-12-16-18-8-10-22(16)2/h7-14H,3-6H2,1-2H3/b19-11+,20-12+. The van der Waals surface area contributed by atoms with Gasteiger partial charge in [-0.1, -0.05) is 12.8 Å². The van der Waals surface area contributed by atoms with Crippen molar-refractivity contribution in [2.45, 2.75) is 37.8 Å². The lowest BCUT2D eigenvalue weighted by Gasteiger charge is -2.25. The maximum atomic E-state index is 4.74. The monoisotopic (exact) mass is 298 g/mol. The van der Waals surface area contributed by atoms with Gasteiger partial charge >= 0.3 is 0 Å². The highest BCUT2D eigenvalue weighted by molar-refractivity contribution is 5.76. The highest BCUT2D eigenvalue weighted by atomic mass is 15.1. The maximum absolute atomic E-state index is 4.74. The summed E-state index contributed by atoms with van der Waals surface area (Å²) in [6, 6.07) is 0.476. The van der Waals surface area contributed by atoms with Crippen molar-refractivity contribution in [1.29, 1.82) is 0 Å². The minimum absolute atomic E-state index is 0.238. The van der Waals surface area contributed by atoms with Crippen molar-refractivity contribution in [2.24, 2.45) is 24.1 Å². The van der Waals surface area contributed by atoms with Crippen molar-refractivity contribution in [1.82, 2.24) is 19.1 Å². The van der Waals surface area contributed by atoms with Crippen molar-refractivity contribution in [3.63, 3.8) is 0 Å². The molecule has 0 bridgehead atoms. The van der Waals surface area contributed by atoms with Gasteiger partial charge in [-0.2, -0.15) is 0 Å². The van der Waals surface area contributed by atoms with Crippen LogP contribution in [0.4, 0.5) is 0 Å². The van der Waals surface area contributed by atoms with E-state index >= 15 is 0 Å². The van der Waals surface area contributed by atoms with E-state index in [1.54, 1.807) is 12.4 Å². The zero-order valence-electron chi connectivity index (χ0n) is 13.1. The zero-order chi connectivity index (χ0) is 15.4. The Morgan fingerprint density at radius 1 is 0.909 bits per heavy atom. The van der Waals surface area contributed by atoms with Crippen LogP contribution >= 0.6 is 0 Å². The molecule has 0 amide bonds. The minimum atomic E-state index is 0.238. The third-order valence-electron chi connectivity index (χ3n) is 4.17. The molecule has 0 saturated heterocycles. The van der Waals surface area contributed by atoms with E-state index in [0.717, 1.165) is 24.5 Å². The quantitative estimate of drug-likeness (QED) is 0.811. The SMILES string of the molecule is Cn1ccnc1/C=N/C1CCCCC1/N=C/c1nccn1C. The smallest absolute Gasteiger partial charge is 0.150 e. The van der Waals surface area contributed by atoms with Crippen LogP contribution in [0.5, 0.6) is 0 Å². The summed E-state index contributed by atoms with van der Waals surface area (Å²) in [7, 11) is 3.96. The van der Waals surface area contributed by atoms with Crippen LogP contribution in [0.3, 0.4) is 0 Å². The molecule has 0 radical (unpaired) electrons. The van der Waals surface area contributed by atoms with E-state index < -0.39 is 0 Å². The Balaban J connectivity index is 1.71. The molecule has 6 heteroatoms. The Labute approximate surface area is 130 Å². The predicted octanol–water partition coefficient (Wildman–Crippen LogP) is 2.00. The second-order valence-corrected chi connectivity index (χ2v) is 5.77. The van der Waals surface area contributed by atoms with Crippen molar-refractivity contribution >= 4 is 12.4 Å². The summed E-state index contributed by atoms with van der Waals surface area (Å²) in [5.41, 5.74) is 0. The Kier molecular flexibility index (Phi) is 4.46. The lowest BCUT2D eigenvalue weighted by Crippen LogP contribution is -2.27. The molecule has 0 N–H and O–H groups in total. The normalized spacial score (nSPS) is 22.8. The fourth-order valence-corrected chi connectivity index (χ4v) is 2.77. The molecule has 0 aromatic carbocycles. The molecule has 1 fully saturated rings. The zero-order valence-corrected chi connectivity index (χ0v) is 13.1. The molecule has 116 valence electrons. The summed E-state index contributed by atoms with van der Waals surface area (Å²) in [6.07, 6.45) is 15.8. The second-order valence-electron chi connectivity index (χ2n) is 5.77. The fraction of sp³-hybridized carbons (Fsp3) is 0.500. The molecule has 6 nitrogen and oxygen atoms in total. The number of imidazole rings is 2. The van der Waals surface area contributed by atoms with Crippen LogP contribution in [0.1, 0.15) is 37.3 Å². The molecular weight excluding hydrogens is 276 g/mol. The van der Waals surface area contributed by atoms with E-state index in [-0.39, 0.29) is 12.1 Å². The summed E-state index contributed by atoms with van der Waals surface area (Å²) < 4.78 is 3.94. The number of nitrogens with zero attached hydrogens (tertiary/aromatic N) is 6. The molecule has 3 rings (SSSR count). The molecule has 0 aliphatic heterocycles. The van der Waals surface area contributed by atoms with E-state index in [1.165, 1.54) is 12.8 Å². The van der Waals surface area contributed by atoms with Gasteiger partial charge in [0.1, 0.15) is 11.6 Å². The number of hydrogen-bond donors (Lipinski definition) is 0. The van der Waals surface area contributed by atoms with Gasteiger partial charge in [-0.05, 0) is 12.8 Å². The molecule has 1 saturated carbocycles. The Hall–Kier alpha value is -2.24. The third-order valence-corrected chi connectivity index (χ3v) is 4.17. The van der Waals surface area contributed by atoms with Gasteiger partial charge in [-0.25, -0.2) is 9.97 Å². The minimum Gasteiger partial charge on any atom is -0.333 e. The molecule has 0 spiro atoms. The first-order chi connectivity index (χ1) is 10.7. The Morgan fingerprint density at radius 2 is 1.36 bits per heavy atom. The molecule has 2 atom stereocenters. The lowest BCUT2D eigenvalue weighted by molar-refractivity contribution is 0.390. The molecule has 2 aromatic heterocycles. The third kappa shape index (κ3) is 3.32. The molecule has 1 aliphatic rings. The summed E-state index contributed by atoms with van der Waals surface area (Å²) in [5, 5.41) is 0. The average molecular weight is 298 g/mol. The summed E-state index contributed by atoms with van der Waals surface area (Å²) in [4.78, 5) is 18.1. The largest absolute Gasteiger partial charge is 0.333 e. The van der Waals surface area contributed by atoms with Gasteiger partial charge < -0.3 is 9.13 Å². The van der Waals surface area contributed by atoms with Crippen molar-refractivity contribution < 1.29 is 0 Å². The number of aromatic nitrogens is 4.